The zero-order chi connectivity index (χ0) is 17.1. The van der Waals surface area contributed by atoms with Gasteiger partial charge in [0.2, 0.25) is 6.10 Å². The molecule has 25 heavy (non-hydrogen) atoms. The average Bonchev–Trinajstić information content (AvgIpc) is 3.34. The Hall–Kier alpha value is -3.15. The lowest BCUT2D eigenvalue weighted by molar-refractivity contribution is -0.143. The fourth-order valence-corrected chi connectivity index (χ4v) is 2.74. The zero-order valence-corrected chi connectivity index (χ0v) is 13.5. The number of carbonyl (C=O) groups excluding carboxylic acids is 1. The van der Waals surface area contributed by atoms with E-state index in [1.165, 1.54) is 0 Å². The predicted octanol–water partition coefficient (Wildman–Crippen LogP) is 3.24. The molecule has 1 aromatic carbocycles. The molecule has 0 saturated heterocycles. The Balaban J connectivity index is 1.53. The molecule has 6 heteroatoms. The number of carbonyl (C=O) groups is 1. The Labute approximate surface area is 144 Å². The van der Waals surface area contributed by atoms with E-state index in [0.717, 1.165) is 0 Å². The van der Waals surface area contributed by atoms with Crippen molar-refractivity contribution in [1.29, 1.82) is 0 Å². The van der Waals surface area contributed by atoms with E-state index in [-0.39, 0.29) is 12.5 Å². The fraction of sp³-hybridized carbons (Fsp3) is 0.211. The van der Waals surface area contributed by atoms with Crippen LogP contribution in [-0.4, -0.2) is 23.5 Å². The summed E-state index contributed by atoms with van der Waals surface area (Å²) in [5.41, 5.74) is 0. The first-order valence-corrected chi connectivity index (χ1v) is 8.01. The molecule has 0 radical (unpaired) electrons. The molecule has 2 aromatic heterocycles. The fourth-order valence-electron chi connectivity index (χ4n) is 2.74. The van der Waals surface area contributed by atoms with Crippen LogP contribution in [0.2, 0.25) is 0 Å². The predicted molar refractivity (Wildman–Crippen MR) is 88.0 cm³/mol. The largest absolute Gasteiger partial charge is 0.485 e. The van der Waals surface area contributed by atoms with Gasteiger partial charge >= 0.3 is 0 Å². The van der Waals surface area contributed by atoms with Crippen molar-refractivity contribution in [2.75, 3.05) is 6.61 Å². The molecule has 0 N–H and O–H groups in total. The summed E-state index contributed by atoms with van der Waals surface area (Å²) >= 11 is 0. The highest BCUT2D eigenvalue weighted by molar-refractivity contribution is 5.81. The topological polar surface area (TPSA) is 65.1 Å². The van der Waals surface area contributed by atoms with E-state index in [1.807, 2.05) is 30.3 Å². The highest BCUT2D eigenvalue weighted by Crippen LogP contribution is 2.31. The van der Waals surface area contributed by atoms with E-state index >= 15 is 0 Å². The molecule has 1 unspecified atom stereocenters. The first-order valence-electron chi connectivity index (χ1n) is 8.01. The normalized spacial score (nSPS) is 15.8. The Morgan fingerprint density at radius 2 is 1.56 bits per heavy atom. The van der Waals surface area contributed by atoms with Gasteiger partial charge in [0.15, 0.2) is 11.5 Å². The van der Waals surface area contributed by atoms with Gasteiger partial charge in [-0.25, -0.2) is 0 Å². The van der Waals surface area contributed by atoms with Crippen molar-refractivity contribution in [3.63, 3.8) is 0 Å². The minimum absolute atomic E-state index is 0.169. The number of amides is 1. The molecule has 1 amide bonds. The summed E-state index contributed by atoms with van der Waals surface area (Å²) in [4.78, 5) is 14.6. The molecule has 1 atom stereocenters. The molecule has 1 aliphatic heterocycles. The second kappa shape index (κ2) is 6.76. The van der Waals surface area contributed by atoms with Crippen LogP contribution in [0.15, 0.2) is 69.9 Å². The van der Waals surface area contributed by atoms with Gasteiger partial charge in [0.1, 0.15) is 18.1 Å². The smallest absolute Gasteiger partial charge is 0.268 e. The summed E-state index contributed by atoms with van der Waals surface area (Å²) in [7, 11) is 0. The number of furan rings is 2. The number of nitrogens with zero attached hydrogens (tertiary/aromatic N) is 1. The van der Waals surface area contributed by atoms with Gasteiger partial charge in [-0.3, -0.25) is 4.79 Å². The summed E-state index contributed by atoms with van der Waals surface area (Å²) in [6.07, 6.45) is 2.46. The summed E-state index contributed by atoms with van der Waals surface area (Å²) in [5, 5.41) is 0. The second-order valence-corrected chi connectivity index (χ2v) is 5.72. The first kappa shape index (κ1) is 15.4. The van der Waals surface area contributed by atoms with Crippen molar-refractivity contribution in [3.8, 4) is 11.5 Å². The van der Waals surface area contributed by atoms with Crippen molar-refractivity contribution < 1.29 is 23.1 Å². The van der Waals surface area contributed by atoms with Crippen LogP contribution in [0.1, 0.15) is 11.5 Å². The number of hydrogen-bond acceptors (Lipinski definition) is 5. The highest BCUT2D eigenvalue weighted by Gasteiger charge is 2.32. The lowest BCUT2D eigenvalue weighted by Gasteiger charge is -2.30. The third-order valence-corrected chi connectivity index (χ3v) is 3.95. The van der Waals surface area contributed by atoms with Gasteiger partial charge < -0.3 is 23.2 Å². The Bertz CT molecular complexity index is 789. The summed E-state index contributed by atoms with van der Waals surface area (Å²) in [5.74, 6) is 2.43. The summed E-state index contributed by atoms with van der Waals surface area (Å²) < 4.78 is 22.3. The van der Waals surface area contributed by atoms with Crippen molar-refractivity contribution in [3.05, 3.63) is 72.6 Å². The van der Waals surface area contributed by atoms with Crippen LogP contribution in [0.5, 0.6) is 11.5 Å². The Morgan fingerprint density at radius 1 is 0.920 bits per heavy atom. The van der Waals surface area contributed by atoms with Gasteiger partial charge in [-0.2, -0.15) is 0 Å². The standard InChI is InChI=1S/C19H17NO5/c21-19(18-13-24-16-7-1-2-8-17(16)25-18)20(11-14-5-3-9-22-14)12-15-6-4-10-23-15/h1-10,18H,11-13H2. The third kappa shape index (κ3) is 3.38. The Kier molecular flexibility index (Phi) is 4.16. The molecule has 0 spiro atoms. The van der Waals surface area contributed by atoms with Crippen LogP contribution in [-0.2, 0) is 17.9 Å². The van der Waals surface area contributed by atoms with Crippen LogP contribution in [0.3, 0.4) is 0 Å². The molecule has 6 nitrogen and oxygen atoms in total. The van der Waals surface area contributed by atoms with E-state index in [0.29, 0.717) is 36.1 Å². The van der Waals surface area contributed by atoms with Gasteiger partial charge in [-0.1, -0.05) is 12.1 Å². The minimum atomic E-state index is -0.708. The molecular formula is C19H17NO5. The van der Waals surface area contributed by atoms with E-state index in [1.54, 1.807) is 35.6 Å². The monoisotopic (exact) mass is 339 g/mol. The molecular weight excluding hydrogens is 322 g/mol. The number of ether oxygens (including phenoxy) is 2. The number of hydrogen-bond donors (Lipinski definition) is 0. The number of para-hydroxylation sites is 2. The van der Waals surface area contributed by atoms with E-state index in [9.17, 15) is 4.79 Å². The van der Waals surface area contributed by atoms with E-state index in [4.69, 9.17) is 18.3 Å². The van der Waals surface area contributed by atoms with E-state index < -0.39 is 6.10 Å². The highest BCUT2D eigenvalue weighted by atomic mass is 16.6. The summed E-state index contributed by atoms with van der Waals surface area (Å²) in [6.45, 7) is 0.824. The first-order chi connectivity index (χ1) is 12.3. The molecule has 3 heterocycles. The van der Waals surface area contributed by atoms with Crippen LogP contribution in [0.4, 0.5) is 0 Å². The lowest BCUT2D eigenvalue weighted by Crippen LogP contribution is -2.45. The molecule has 0 fully saturated rings. The van der Waals surface area contributed by atoms with Crippen LogP contribution in [0, 0.1) is 0 Å². The maximum Gasteiger partial charge on any atom is 0.268 e. The van der Waals surface area contributed by atoms with Crippen molar-refractivity contribution >= 4 is 5.91 Å². The molecule has 1 aliphatic rings. The van der Waals surface area contributed by atoms with Gasteiger partial charge in [-0.15, -0.1) is 0 Å². The number of rotatable bonds is 5. The second-order valence-electron chi connectivity index (χ2n) is 5.72. The molecule has 0 aliphatic carbocycles. The lowest BCUT2D eigenvalue weighted by atomic mass is 10.2. The number of fused-ring (bicyclic) bond motifs is 1. The quantitative estimate of drug-likeness (QED) is 0.714. The maximum absolute atomic E-state index is 13.0. The zero-order valence-electron chi connectivity index (χ0n) is 13.5. The van der Waals surface area contributed by atoms with Gasteiger partial charge in [0.05, 0.1) is 25.6 Å². The third-order valence-electron chi connectivity index (χ3n) is 3.95. The van der Waals surface area contributed by atoms with Crippen LogP contribution < -0.4 is 9.47 Å². The van der Waals surface area contributed by atoms with Gasteiger partial charge in [0, 0.05) is 0 Å². The van der Waals surface area contributed by atoms with Gasteiger partial charge in [-0.05, 0) is 36.4 Å². The molecule has 128 valence electrons. The van der Waals surface area contributed by atoms with Gasteiger partial charge in [0.25, 0.3) is 5.91 Å². The summed E-state index contributed by atoms with van der Waals surface area (Å²) in [6, 6.07) is 14.6. The van der Waals surface area contributed by atoms with Crippen LogP contribution >= 0.6 is 0 Å². The average molecular weight is 339 g/mol. The molecule has 3 aromatic rings. The SMILES string of the molecule is O=C(C1COc2ccccc2O1)N(Cc1ccco1)Cc1ccco1. The number of benzene rings is 1. The van der Waals surface area contributed by atoms with Crippen LogP contribution in [0.25, 0.3) is 0 Å². The van der Waals surface area contributed by atoms with Crippen molar-refractivity contribution in [2.24, 2.45) is 0 Å². The van der Waals surface area contributed by atoms with Crippen molar-refractivity contribution in [1.82, 2.24) is 4.90 Å². The minimum Gasteiger partial charge on any atom is -0.485 e. The van der Waals surface area contributed by atoms with Crippen molar-refractivity contribution in [2.45, 2.75) is 19.2 Å². The van der Waals surface area contributed by atoms with E-state index in [2.05, 4.69) is 0 Å². The molecule has 0 saturated carbocycles. The Morgan fingerprint density at radius 3 is 2.16 bits per heavy atom. The maximum atomic E-state index is 13.0. The molecule has 0 bridgehead atoms. The molecule has 4 rings (SSSR count).